The fraction of sp³-hybridized carbons (Fsp3) is 0.143. The normalized spacial score (nSPS) is 11.1. The van der Waals surface area contributed by atoms with Crippen LogP contribution in [0.4, 0.5) is 4.39 Å². The largest absolute Gasteiger partial charge is 0.329 e. The van der Waals surface area contributed by atoms with Crippen molar-refractivity contribution in [2.45, 2.75) is 13.0 Å². The third-order valence-electron chi connectivity index (χ3n) is 3.14. The van der Waals surface area contributed by atoms with Crippen LogP contribution >= 0.6 is 28.1 Å². The number of nitrogens with zero attached hydrogens (tertiary/aromatic N) is 2. The number of hydrogen-bond donors (Lipinski definition) is 1. The minimum absolute atomic E-state index is 0.186. The Labute approximate surface area is 128 Å². The molecule has 0 aliphatic rings. The monoisotopic (exact) mass is 351 g/mol. The van der Waals surface area contributed by atoms with Gasteiger partial charge in [-0.1, -0.05) is 18.2 Å². The van der Waals surface area contributed by atoms with Gasteiger partial charge in [0.15, 0.2) is 10.4 Å². The number of aromatic amines is 1. The Morgan fingerprint density at radius 2 is 2.15 bits per heavy atom. The summed E-state index contributed by atoms with van der Waals surface area (Å²) in [5.74, 6) is -0.186. The van der Waals surface area contributed by atoms with Crippen LogP contribution in [0.15, 0.2) is 41.0 Å². The summed E-state index contributed by atoms with van der Waals surface area (Å²) in [6.07, 6.45) is 2.30. The van der Waals surface area contributed by atoms with Crippen molar-refractivity contribution >= 4 is 39.3 Å². The predicted molar refractivity (Wildman–Crippen MR) is 82.7 cm³/mol. The molecule has 0 saturated heterocycles. The Morgan fingerprint density at radius 3 is 2.95 bits per heavy atom. The fourth-order valence-electron chi connectivity index (χ4n) is 2.16. The van der Waals surface area contributed by atoms with Crippen molar-refractivity contribution in [3.63, 3.8) is 0 Å². The standard InChI is InChI=1S/C14H11BrFN3S/c15-10-7-12-13(17-8-10)19(14(20)18-12)6-5-9-3-1-2-4-11(9)16/h1-4,7-8H,5-6H2,(H,18,20). The maximum atomic E-state index is 13.6. The van der Waals surface area contributed by atoms with E-state index in [4.69, 9.17) is 12.2 Å². The van der Waals surface area contributed by atoms with E-state index in [0.29, 0.717) is 23.3 Å². The molecule has 102 valence electrons. The average Bonchev–Trinajstić information content (AvgIpc) is 2.73. The Morgan fingerprint density at radius 1 is 1.35 bits per heavy atom. The Hall–Kier alpha value is -1.53. The smallest absolute Gasteiger partial charge is 0.179 e. The predicted octanol–water partition coefficient (Wildman–Crippen LogP) is 4.24. The van der Waals surface area contributed by atoms with Gasteiger partial charge in [-0.25, -0.2) is 9.37 Å². The average molecular weight is 352 g/mol. The summed E-state index contributed by atoms with van der Waals surface area (Å²) in [7, 11) is 0. The van der Waals surface area contributed by atoms with Crippen molar-refractivity contribution in [1.29, 1.82) is 0 Å². The first-order valence-electron chi connectivity index (χ1n) is 6.12. The van der Waals surface area contributed by atoms with Crippen molar-refractivity contribution < 1.29 is 4.39 Å². The molecule has 0 aliphatic carbocycles. The molecule has 1 N–H and O–H groups in total. The summed E-state index contributed by atoms with van der Waals surface area (Å²) in [5.41, 5.74) is 2.34. The van der Waals surface area contributed by atoms with E-state index in [2.05, 4.69) is 25.9 Å². The van der Waals surface area contributed by atoms with Gasteiger partial charge in [-0.15, -0.1) is 0 Å². The Bertz CT molecular complexity index is 825. The Balaban J connectivity index is 1.94. The number of pyridine rings is 1. The van der Waals surface area contributed by atoms with E-state index < -0.39 is 0 Å². The van der Waals surface area contributed by atoms with Crippen LogP contribution in [-0.2, 0) is 13.0 Å². The summed E-state index contributed by atoms with van der Waals surface area (Å²) in [4.78, 5) is 7.47. The first-order valence-corrected chi connectivity index (χ1v) is 7.33. The zero-order chi connectivity index (χ0) is 14.1. The van der Waals surface area contributed by atoms with Gasteiger partial charge in [0.25, 0.3) is 0 Å². The van der Waals surface area contributed by atoms with E-state index in [1.807, 2.05) is 16.7 Å². The molecule has 0 bridgehead atoms. The van der Waals surface area contributed by atoms with Gasteiger partial charge in [-0.05, 0) is 52.3 Å². The molecule has 0 atom stereocenters. The molecule has 6 heteroatoms. The van der Waals surface area contributed by atoms with E-state index >= 15 is 0 Å². The zero-order valence-electron chi connectivity index (χ0n) is 10.4. The molecule has 0 radical (unpaired) electrons. The molecule has 1 aromatic carbocycles. The van der Waals surface area contributed by atoms with Gasteiger partial charge in [-0.3, -0.25) is 0 Å². The molecule has 3 aromatic rings. The van der Waals surface area contributed by atoms with Crippen molar-refractivity contribution in [2.75, 3.05) is 0 Å². The minimum Gasteiger partial charge on any atom is -0.329 e. The maximum absolute atomic E-state index is 13.6. The quantitative estimate of drug-likeness (QED) is 0.716. The van der Waals surface area contributed by atoms with Crippen LogP contribution in [0, 0.1) is 10.6 Å². The number of imidazole rings is 1. The van der Waals surface area contributed by atoms with Gasteiger partial charge in [-0.2, -0.15) is 0 Å². The second kappa shape index (κ2) is 5.46. The highest BCUT2D eigenvalue weighted by Gasteiger charge is 2.07. The lowest BCUT2D eigenvalue weighted by molar-refractivity contribution is 0.594. The molecule has 3 nitrogen and oxygen atoms in total. The van der Waals surface area contributed by atoms with Crippen molar-refractivity contribution in [3.8, 4) is 0 Å². The highest BCUT2D eigenvalue weighted by molar-refractivity contribution is 9.10. The first-order chi connectivity index (χ1) is 9.65. The van der Waals surface area contributed by atoms with E-state index in [-0.39, 0.29) is 5.82 Å². The lowest BCUT2D eigenvalue weighted by atomic mass is 10.1. The molecule has 2 heterocycles. The highest BCUT2D eigenvalue weighted by Crippen LogP contribution is 2.18. The minimum atomic E-state index is -0.186. The maximum Gasteiger partial charge on any atom is 0.179 e. The van der Waals surface area contributed by atoms with Crippen LogP contribution in [0.2, 0.25) is 0 Å². The SMILES string of the molecule is Fc1ccccc1CCn1c(=S)[nH]c2cc(Br)cnc21. The Kier molecular flexibility index (Phi) is 3.67. The third-order valence-corrected chi connectivity index (χ3v) is 3.89. The van der Waals surface area contributed by atoms with E-state index in [1.54, 1.807) is 18.3 Å². The third kappa shape index (κ3) is 2.53. The summed E-state index contributed by atoms with van der Waals surface area (Å²) >= 11 is 8.68. The van der Waals surface area contributed by atoms with Crippen molar-refractivity contribution in [1.82, 2.24) is 14.5 Å². The molecule has 0 amide bonds. The van der Waals surface area contributed by atoms with E-state index in [9.17, 15) is 4.39 Å². The summed E-state index contributed by atoms with van der Waals surface area (Å²) in [6, 6.07) is 8.71. The number of benzene rings is 1. The van der Waals surface area contributed by atoms with Gasteiger partial charge in [0.2, 0.25) is 0 Å². The number of fused-ring (bicyclic) bond motifs is 1. The van der Waals surface area contributed by atoms with Crippen molar-refractivity contribution in [3.05, 3.63) is 57.2 Å². The van der Waals surface area contributed by atoms with Gasteiger partial charge < -0.3 is 9.55 Å². The number of hydrogen-bond acceptors (Lipinski definition) is 2. The van der Waals surface area contributed by atoms with Crippen LogP contribution in [0.1, 0.15) is 5.56 Å². The molecule has 20 heavy (non-hydrogen) atoms. The fourth-order valence-corrected chi connectivity index (χ4v) is 2.78. The molecular weight excluding hydrogens is 341 g/mol. The van der Waals surface area contributed by atoms with Crippen LogP contribution in [0.25, 0.3) is 11.2 Å². The van der Waals surface area contributed by atoms with Crippen LogP contribution in [0.3, 0.4) is 0 Å². The molecular formula is C14H11BrFN3S. The molecule has 0 spiro atoms. The second-order valence-corrected chi connectivity index (χ2v) is 5.75. The lowest BCUT2D eigenvalue weighted by Gasteiger charge is -2.05. The van der Waals surface area contributed by atoms with E-state index in [1.165, 1.54) is 6.07 Å². The number of H-pyrrole nitrogens is 1. The van der Waals surface area contributed by atoms with Crippen LogP contribution < -0.4 is 0 Å². The summed E-state index contributed by atoms with van der Waals surface area (Å²) in [6.45, 7) is 0.592. The van der Waals surface area contributed by atoms with E-state index in [0.717, 1.165) is 15.6 Å². The number of rotatable bonds is 3. The number of aryl methyl sites for hydroxylation is 2. The molecule has 0 aliphatic heterocycles. The van der Waals surface area contributed by atoms with Crippen LogP contribution in [-0.4, -0.2) is 14.5 Å². The zero-order valence-corrected chi connectivity index (χ0v) is 12.8. The summed E-state index contributed by atoms with van der Waals surface area (Å²) < 4.78 is 17.0. The molecule has 3 rings (SSSR count). The van der Waals surface area contributed by atoms with Crippen LogP contribution in [0.5, 0.6) is 0 Å². The lowest BCUT2D eigenvalue weighted by Crippen LogP contribution is -2.03. The molecule has 0 fully saturated rings. The second-order valence-electron chi connectivity index (χ2n) is 4.45. The number of aromatic nitrogens is 3. The van der Waals surface area contributed by atoms with Crippen molar-refractivity contribution in [2.24, 2.45) is 0 Å². The topological polar surface area (TPSA) is 33.6 Å². The molecule has 0 saturated carbocycles. The van der Waals surface area contributed by atoms with Gasteiger partial charge in [0, 0.05) is 17.2 Å². The molecule has 0 unspecified atom stereocenters. The highest BCUT2D eigenvalue weighted by atomic mass is 79.9. The molecule has 2 aromatic heterocycles. The summed E-state index contributed by atoms with van der Waals surface area (Å²) in [5, 5.41) is 0. The van der Waals surface area contributed by atoms with Gasteiger partial charge >= 0.3 is 0 Å². The van der Waals surface area contributed by atoms with Gasteiger partial charge in [0.05, 0.1) is 5.52 Å². The first kappa shape index (κ1) is 13.5. The van der Waals surface area contributed by atoms with Gasteiger partial charge in [0.1, 0.15) is 5.82 Å². The number of halogens is 2. The number of nitrogens with one attached hydrogen (secondary N) is 1.